The molecule has 2 heterocycles. The number of hydrogen-bond donors (Lipinski definition) is 1. The third-order valence-corrected chi connectivity index (χ3v) is 6.97. The van der Waals surface area contributed by atoms with Crippen LogP contribution in [-0.2, 0) is 6.42 Å². The summed E-state index contributed by atoms with van der Waals surface area (Å²) in [5.41, 5.74) is 1.51. The fourth-order valence-corrected chi connectivity index (χ4v) is 5.53. The summed E-state index contributed by atoms with van der Waals surface area (Å²) in [5.74, 6) is 1.32. The summed E-state index contributed by atoms with van der Waals surface area (Å²) in [6.07, 6.45) is 3.85. The fraction of sp³-hybridized carbons (Fsp3) is 0.500. The first kappa shape index (κ1) is 13.5. The predicted octanol–water partition coefficient (Wildman–Crippen LogP) is 4.32. The first-order chi connectivity index (χ1) is 9.23. The highest BCUT2D eigenvalue weighted by molar-refractivity contribution is 8.00. The van der Waals surface area contributed by atoms with E-state index in [0.29, 0.717) is 10.8 Å². The maximum Gasteiger partial charge on any atom is 0.0345 e. The van der Waals surface area contributed by atoms with E-state index in [1.807, 2.05) is 11.3 Å². The van der Waals surface area contributed by atoms with Crippen molar-refractivity contribution in [3.05, 3.63) is 35.2 Å². The number of benzene rings is 1. The average Bonchev–Trinajstić information content (AvgIpc) is 3.03. The Balaban J connectivity index is 1.86. The maximum atomic E-state index is 3.57. The second kappa shape index (κ2) is 5.47. The second-order valence-electron chi connectivity index (χ2n) is 5.57. The Bertz CT molecular complexity index is 555. The van der Waals surface area contributed by atoms with Crippen LogP contribution in [0.25, 0.3) is 10.1 Å². The number of thioether (sulfide) groups is 1. The smallest absolute Gasteiger partial charge is 0.0345 e. The Kier molecular flexibility index (Phi) is 3.88. The minimum Gasteiger partial charge on any atom is -0.315 e. The molecule has 1 nitrogen and oxygen atoms in total. The zero-order valence-corrected chi connectivity index (χ0v) is 13.2. The van der Waals surface area contributed by atoms with Crippen molar-refractivity contribution in [3.8, 4) is 0 Å². The lowest BCUT2D eigenvalue weighted by atomic mass is 9.91. The van der Waals surface area contributed by atoms with Crippen LogP contribution < -0.4 is 5.32 Å². The van der Waals surface area contributed by atoms with Crippen LogP contribution in [0.15, 0.2) is 29.6 Å². The molecule has 1 aromatic heterocycles. The first-order valence-electron chi connectivity index (χ1n) is 6.99. The van der Waals surface area contributed by atoms with Gasteiger partial charge in [-0.1, -0.05) is 18.2 Å². The van der Waals surface area contributed by atoms with Gasteiger partial charge in [0, 0.05) is 15.5 Å². The van der Waals surface area contributed by atoms with Crippen LogP contribution >= 0.6 is 23.1 Å². The van der Waals surface area contributed by atoms with E-state index >= 15 is 0 Å². The van der Waals surface area contributed by atoms with Crippen LogP contribution in [0.5, 0.6) is 0 Å². The van der Waals surface area contributed by atoms with Crippen LogP contribution in [0.4, 0.5) is 0 Å². The highest BCUT2D eigenvalue weighted by Crippen LogP contribution is 2.42. The molecule has 1 saturated heterocycles. The van der Waals surface area contributed by atoms with Crippen LogP contribution in [-0.4, -0.2) is 23.6 Å². The summed E-state index contributed by atoms with van der Waals surface area (Å²) >= 11 is 4.02. The van der Waals surface area contributed by atoms with Gasteiger partial charge in [-0.15, -0.1) is 11.3 Å². The SMILES string of the molecule is CNC(Cc1csc2ccccc12)C1(C)CCCS1. The van der Waals surface area contributed by atoms with Gasteiger partial charge in [0.2, 0.25) is 0 Å². The molecule has 1 aromatic carbocycles. The van der Waals surface area contributed by atoms with Crippen LogP contribution in [0.2, 0.25) is 0 Å². The number of hydrogen-bond acceptors (Lipinski definition) is 3. The molecular weight excluding hydrogens is 270 g/mol. The number of thiophene rings is 1. The molecule has 3 heteroatoms. The van der Waals surface area contributed by atoms with Gasteiger partial charge in [0.15, 0.2) is 0 Å². The van der Waals surface area contributed by atoms with Gasteiger partial charge >= 0.3 is 0 Å². The van der Waals surface area contributed by atoms with Crippen molar-refractivity contribution in [1.82, 2.24) is 5.32 Å². The van der Waals surface area contributed by atoms with Crippen molar-refractivity contribution >= 4 is 33.2 Å². The van der Waals surface area contributed by atoms with E-state index in [9.17, 15) is 0 Å². The molecule has 1 aliphatic rings. The standard InChI is InChI=1S/C16H21NS2/c1-16(8-5-9-19-16)15(17-2)10-12-11-18-14-7-4-3-6-13(12)14/h3-4,6-7,11,15,17H,5,8-10H2,1-2H3. The lowest BCUT2D eigenvalue weighted by molar-refractivity contribution is 0.425. The van der Waals surface area contributed by atoms with E-state index in [2.05, 4.69) is 60.7 Å². The molecule has 2 atom stereocenters. The Morgan fingerprint density at radius 3 is 2.95 bits per heavy atom. The summed E-state index contributed by atoms with van der Waals surface area (Å²) in [4.78, 5) is 0. The largest absolute Gasteiger partial charge is 0.315 e. The van der Waals surface area contributed by atoms with Crippen molar-refractivity contribution in [2.24, 2.45) is 0 Å². The van der Waals surface area contributed by atoms with Crippen molar-refractivity contribution < 1.29 is 0 Å². The van der Waals surface area contributed by atoms with Gasteiger partial charge in [-0.3, -0.25) is 0 Å². The molecule has 2 unspecified atom stereocenters. The van der Waals surface area contributed by atoms with Gasteiger partial charge in [-0.05, 0) is 61.4 Å². The Labute approximate surface area is 123 Å². The molecule has 102 valence electrons. The number of nitrogens with one attached hydrogen (secondary N) is 1. The molecular formula is C16H21NS2. The van der Waals surface area contributed by atoms with Crippen molar-refractivity contribution in [1.29, 1.82) is 0 Å². The van der Waals surface area contributed by atoms with E-state index in [1.165, 1.54) is 34.2 Å². The number of rotatable bonds is 4. The molecule has 0 spiro atoms. The van der Waals surface area contributed by atoms with Gasteiger partial charge in [0.25, 0.3) is 0 Å². The van der Waals surface area contributed by atoms with Crippen molar-refractivity contribution in [3.63, 3.8) is 0 Å². The highest BCUT2D eigenvalue weighted by atomic mass is 32.2. The maximum absolute atomic E-state index is 3.57. The number of likely N-dealkylation sites (N-methyl/N-ethyl adjacent to an activating group) is 1. The summed E-state index contributed by atoms with van der Waals surface area (Å²) in [6.45, 7) is 2.43. The number of fused-ring (bicyclic) bond motifs is 1. The molecule has 0 radical (unpaired) electrons. The Morgan fingerprint density at radius 2 is 2.21 bits per heavy atom. The van der Waals surface area contributed by atoms with Crippen LogP contribution in [0.3, 0.4) is 0 Å². The third-order valence-electron chi connectivity index (χ3n) is 4.32. The Hall–Kier alpha value is -0.510. The first-order valence-corrected chi connectivity index (χ1v) is 8.86. The molecule has 0 aliphatic carbocycles. The summed E-state index contributed by atoms with van der Waals surface area (Å²) in [6, 6.07) is 9.34. The summed E-state index contributed by atoms with van der Waals surface area (Å²) < 4.78 is 1.81. The highest BCUT2D eigenvalue weighted by Gasteiger charge is 2.37. The summed E-state index contributed by atoms with van der Waals surface area (Å²) in [5, 5.41) is 7.36. The topological polar surface area (TPSA) is 12.0 Å². The predicted molar refractivity (Wildman–Crippen MR) is 88.5 cm³/mol. The fourth-order valence-electron chi connectivity index (χ4n) is 3.11. The van der Waals surface area contributed by atoms with E-state index in [1.54, 1.807) is 0 Å². The molecule has 0 bridgehead atoms. The monoisotopic (exact) mass is 291 g/mol. The van der Waals surface area contributed by atoms with Gasteiger partial charge in [-0.25, -0.2) is 0 Å². The molecule has 1 fully saturated rings. The normalized spacial score (nSPS) is 24.9. The molecule has 1 aliphatic heterocycles. The van der Waals surface area contributed by atoms with Crippen molar-refractivity contribution in [2.75, 3.05) is 12.8 Å². The minimum absolute atomic E-state index is 0.401. The van der Waals surface area contributed by atoms with Gasteiger partial charge in [0.05, 0.1) is 0 Å². The van der Waals surface area contributed by atoms with E-state index in [4.69, 9.17) is 0 Å². The molecule has 3 rings (SSSR count). The van der Waals surface area contributed by atoms with E-state index in [0.717, 1.165) is 6.42 Å². The van der Waals surface area contributed by atoms with E-state index in [-0.39, 0.29) is 0 Å². The second-order valence-corrected chi connectivity index (χ2v) is 8.11. The van der Waals surface area contributed by atoms with E-state index < -0.39 is 0 Å². The molecule has 0 saturated carbocycles. The summed E-state index contributed by atoms with van der Waals surface area (Å²) in [7, 11) is 2.11. The van der Waals surface area contributed by atoms with Gasteiger partial charge in [-0.2, -0.15) is 11.8 Å². The zero-order chi connectivity index (χ0) is 13.3. The zero-order valence-electron chi connectivity index (χ0n) is 11.6. The van der Waals surface area contributed by atoms with Gasteiger partial charge < -0.3 is 5.32 Å². The lowest BCUT2D eigenvalue weighted by Crippen LogP contribution is -2.45. The quantitative estimate of drug-likeness (QED) is 0.900. The van der Waals surface area contributed by atoms with Crippen molar-refractivity contribution in [2.45, 2.75) is 37.0 Å². The van der Waals surface area contributed by atoms with Crippen LogP contribution in [0.1, 0.15) is 25.3 Å². The molecule has 2 aromatic rings. The third kappa shape index (κ3) is 2.56. The minimum atomic E-state index is 0.401. The average molecular weight is 291 g/mol. The van der Waals surface area contributed by atoms with Gasteiger partial charge in [0.1, 0.15) is 0 Å². The molecule has 0 amide bonds. The molecule has 19 heavy (non-hydrogen) atoms. The lowest BCUT2D eigenvalue weighted by Gasteiger charge is -2.33. The Morgan fingerprint density at radius 1 is 1.37 bits per heavy atom. The van der Waals surface area contributed by atoms with Crippen LogP contribution in [0, 0.1) is 0 Å². The molecule has 1 N–H and O–H groups in total.